The maximum Gasteiger partial charge on any atom is 0.0738 e. The van der Waals surface area contributed by atoms with Crippen LogP contribution in [0.25, 0.3) is 0 Å². The largest absolute Gasteiger partial charge is 0.375 e. The fourth-order valence-corrected chi connectivity index (χ4v) is 1.34. The zero-order valence-electron chi connectivity index (χ0n) is 6.47. The average molecular weight is 144 g/mol. The Hall–Kier alpha value is -0.120. The fraction of sp³-hybridized carbons (Fsp3) is 1.00. The Morgan fingerprint density at radius 1 is 1.70 bits per heavy atom. The lowest BCUT2D eigenvalue weighted by Crippen LogP contribution is -2.51. The minimum Gasteiger partial charge on any atom is -0.375 e. The average Bonchev–Trinajstić information content (AvgIpc) is 2.04. The molecule has 3 nitrogen and oxygen atoms in total. The van der Waals surface area contributed by atoms with Gasteiger partial charge in [0.1, 0.15) is 0 Å². The molecule has 3 heteroatoms. The van der Waals surface area contributed by atoms with Gasteiger partial charge >= 0.3 is 0 Å². The van der Waals surface area contributed by atoms with Crippen molar-refractivity contribution in [3.8, 4) is 0 Å². The summed E-state index contributed by atoms with van der Waals surface area (Å²) in [7, 11) is 0. The minimum atomic E-state index is 0.332. The van der Waals surface area contributed by atoms with Crippen LogP contribution < -0.4 is 11.1 Å². The van der Waals surface area contributed by atoms with Crippen molar-refractivity contribution < 1.29 is 4.74 Å². The van der Waals surface area contributed by atoms with Crippen molar-refractivity contribution in [2.75, 3.05) is 19.7 Å². The molecule has 1 aliphatic heterocycles. The van der Waals surface area contributed by atoms with Crippen molar-refractivity contribution in [3.05, 3.63) is 0 Å². The molecule has 10 heavy (non-hydrogen) atoms. The van der Waals surface area contributed by atoms with Gasteiger partial charge in [-0.25, -0.2) is 0 Å². The molecule has 0 amide bonds. The molecule has 2 unspecified atom stereocenters. The highest BCUT2D eigenvalue weighted by atomic mass is 16.5. The second kappa shape index (κ2) is 3.91. The van der Waals surface area contributed by atoms with E-state index < -0.39 is 0 Å². The third kappa shape index (κ3) is 1.68. The molecule has 1 fully saturated rings. The van der Waals surface area contributed by atoms with Crippen molar-refractivity contribution in [2.45, 2.75) is 25.5 Å². The number of nitrogens with one attached hydrogen (secondary N) is 1. The molecule has 2 atom stereocenters. The fourth-order valence-electron chi connectivity index (χ4n) is 1.34. The standard InChI is InChI=1S/C7H16N2O/c1-2-7-6(5-8)9-3-4-10-7/h6-7,9H,2-5,8H2,1H3. The summed E-state index contributed by atoms with van der Waals surface area (Å²) in [6.45, 7) is 4.58. The van der Waals surface area contributed by atoms with Crippen molar-refractivity contribution >= 4 is 0 Å². The number of rotatable bonds is 2. The molecule has 3 N–H and O–H groups in total. The quantitative estimate of drug-likeness (QED) is 0.560. The van der Waals surface area contributed by atoms with Gasteiger partial charge < -0.3 is 15.8 Å². The Balaban J connectivity index is 2.34. The van der Waals surface area contributed by atoms with Crippen LogP contribution in [0.1, 0.15) is 13.3 Å². The van der Waals surface area contributed by atoms with E-state index in [9.17, 15) is 0 Å². The van der Waals surface area contributed by atoms with Crippen LogP contribution in [-0.4, -0.2) is 31.8 Å². The molecule has 0 radical (unpaired) electrons. The van der Waals surface area contributed by atoms with Crippen LogP contribution in [0.4, 0.5) is 0 Å². The van der Waals surface area contributed by atoms with Crippen LogP contribution in [0, 0.1) is 0 Å². The Labute approximate surface area is 61.9 Å². The van der Waals surface area contributed by atoms with Gasteiger partial charge in [-0.2, -0.15) is 0 Å². The Morgan fingerprint density at radius 2 is 2.50 bits per heavy atom. The molecule has 0 spiro atoms. The van der Waals surface area contributed by atoms with Crippen molar-refractivity contribution in [2.24, 2.45) is 5.73 Å². The minimum absolute atomic E-state index is 0.332. The number of hydrogen-bond donors (Lipinski definition) is 2. The summed E-state index contributed by atoms with van der Waals surface area (Å²) in [6.07, 6.45) is 1.38. The molecular weight excluding hydrogens is 128 g/mol. The predicted molar refractivity (Wildman–Crippen MR) is 40.9 cm³/mol. The molecule has 0 saturated carbocycles. The smallest absolute Gasteiger partial charge is 0.0738 e. The maximum atomic E-state index is 5.53. The van der Waals surface area contributed by atoms with E-state index in [2.05, 4.69) is 12.2 Å². The van der Waals surface area contributed by atoms with Crippen molar-refractivity contribution in [1.82, 2.24) is 5.32 Å². The topological polar surface area (TPSA) is 47.3 Å². The van der Waals surface area contributed by atoms with Crippen LogP contribution in [0.5, 0.6) is 0 Å². The first-order valence-corrected chi connectivity index (χ1v) is 3.93. The van der Waals surface area contributed by atoms with Crippen molar-refractivity contribution in [3.63, 3.8) is 0 Å². The number of nitrogens with two attached hydrogens (primary N) is 1. The molecule has 0 aliphatic carbocycles. The third-order valence-electron chi connectivity index (χ3n) is 1.95. The molecule has 1 saturated heterocycles. The highest BCUT2D eigenvalue weighted by molar-refractivity contribution is 4.80. The summed E-state index contributed by atoms with van der Waals surface area (Å²) in [4.78, 5) is 0. The lowest BCUT2D eigenvalue weighted by atomic mass is 10.1. The third-order valence-corrected chi connectivity index (χ3v) is 1.95. The van der Waals surface area contributed by atoms with Gasteiger partial charge in [-0.1, -0.05) is 6.92 Å². The van der Waals surface area contributed by atoms with E-state index in [1.807, 2.05) is 0 Å². The van der Waals surface area contributed by atoms with Crippen LogP contribution in [0.2, 0.25) is 0 Å². The van der Waals surface area contributed by atoms with Gasteiger partial charge in [-0.15, -0.1) is 0 Å². The first-order valence-electron chi connectivity index (χ1n) is 3.93. The lowest BCUT2D eigenvalue weighted by molar-refractivity contribution is -0.00309. The number of hydrogen-bond acceptors (Lipinski definition) is 3. The molecule has 0 aromatic carbocycles. The van der Waals surface area contributed by atoms with Gasteiger partial charge in [-0.05, 0) is 6.42 Å². The van der Waals surface area contributed by atoms with E-state index in [0.29, 0.717) is 18.7 Å². The summed E-state index contributed by atoms with van der Waals surface area (Å²) < 4.78 is 5.49. The Kier molecular flexibility index (Phi) is 3.12. The van der Waals surface area contributed by atoms with Gasteiger partial charge in [0, 0.05) is 19.1 Å². The second-order valence-corrected chi connectivity index (χ2v) is 2.61. The van der Waals surface area contributed by atoms with Crippen LogP contribution in [0.15, 0.2) is 0 Å². The molecule has 1 aliphatic rings. The van der Waals surface area contributed by atoms with Crippen LogP contribution in [0.3, 0.4) is 0 Å². The molecule has 1 heterocycles. The zero-order chi connectivity index (χ0) is 7.40. The van der Waals surface area contributed by atoms with Crippen LogP contribution >= 0.6 is 0 Å². The van der Waals surface area contributed by atoms with E-state index in [4.69, 9.17) is 10.5 Å². The second-order valence-electron chi connectivity index (χ2n) is 2.61. The van der Waals surface area contributed by atoms with Gasteiger partial charge in [0.15, 0.2) is 0 Å². The molecular formula is C7H16N2O. The monoisotopic (exact) mass is 144 g/mol. The molecule has 1 rings (SSSR count). The molecule has 0 aromatic heterocycles. The summed E-state index contributed by atoms with van der Waals surface area (Å²) >= 11 is 0. The first kappa shape index (κ1) is 7.98. The Bertz CT molecular complexity index is 85.6. The van der Waals surface area contributed by atoms with E-state index in [-0.39, 0.29) is 0 Å². The van der Waals surface area contributed by atoms with E-state index in [1.165, 1.54) is 0 Å². The molecule has 0 aromatic rings. The summed E-state index contributed by atoms with van der Waals surface area (Å²) in [5.74, 6) is 0. The van der Waals surface area contributed by atoms with Gasteiger partial charge in [0.2, 0.25) is 0 Å². The van der Waals surface area contributed by atoms with Crippen LogP contribution in [-0.2, 0) is 4.74 Å². The highest BCUT2D eigenvalue weighted by Gasteiger charge is 2.21. The normalized spacial score (nSPS) is 34.2. The first-order chi connectivity index (χ1) is 4.88. The van der Waals surface area contributed by atoms with E-state index in [0.717, 1.165) is 19.6 Å². The van der Waals surface area contributed by atoms with Gasteiger partial charge in [0.25, 0.3) is 0 Å². The van der Waals surface area contributed by atoms with E-state index in [1.54, 1.807) is 0 Å². The number of ether oxygens (including phenoxy) is 1. The summed E-state index contributed by atoms with van der Waals surface area (Å²) in [5, 5.41) is 3.32. The SMILES string of the molecule is CCC1OCCNC1CN. The number of morpholine rings is 1. The predicted octanol–water partition coefficient (Wildman–Crippen LogP) is -0.288. The lowest BCUT2D eigenvalue weighted by Gasteiger charge is -2.31. The summed E-state index contributed by atoms with van der Waals surface area (Å²) in [6, 6.07) is 0.374. The van der Waals surface area contributed by atoms with E-state index >= 15 is 0 Å². The van der Waals surface area contributed by atoms with Gasteiger partial charge in [0.05, 0.1) is 12.7 Å². The zero-order valence-corrected chi connectivity index (χ0v) is 6.47. The van der Waals surface area contributed by atoms with Crippen molar-refractivity contribution in [1.29, 1.82) is 0 Å². The molecule has 60 valence electrons. The highest BCUT2D eigenvalue weighted by Crippen LogP contribution is 2.06. The van der Waals surface area contributed by atoms with Gasteiger partial charge in [-0.3, -0.25) is 0 Å². The molecule has 0 bridgehead atoms. The summed E-state index contributed by atoms with van der Waals surface area (Å²) in [5.41, 5.74) is 5.53. The maximum absolute atomic E-state index is 5.53. The Morgan fingerprint density at radius 3 is 3.00 bits per heavy atom.